The number of para-hydroxylation sites is 1. The molecule has 1 heterocycles. The average Bonchev–Trinajstić information content (AvgIpc) is 2.84. The van der Waals surface area contributed by atoms with Gasteiger partial charge in [-0.15, -0.1) is 0 Å². The number of nitrogens with zero attached hydrogens (tertiary/aromatic N) is 2. The smallest absolute Gasteiger partial charge is 0.131 e. The molecule has 0 aliphatic rings. The summed E-state index contributed by atoms with van der Waals surface area (Å²) in [4.78, 5) is 4.50. The quantitative estimate of drug-likeness (QED) is 0.226. The van der Waals surface area contributed by atoms with Crippen molar-refractivity contribution in [3.63, 3.8) is 0 Å². The molecule has 0 radical (unpaired) electrons. The lowest BCUT2D eigenvalue weighted by Crippen LogP contribution is -2.25. The van der Waals surface area contributed by atoms with E-state index in [4.69, 9.17) is 16.3 Å². The molecule has 2 nitrogen and oxygen atoms in total. The monoisotopic (exact) mass is 438 g/mol. The van der Waals surface area contributed by atoms with Gasteiger partial charge in [0.25, 0.3) is 0 Å². The van der Waals surface area contributed by atoms with Crippen LogP contribution in [0.5, 0.6) is 0 Å². The maximum atomic E-state index is 6.43. The van der Waals surface area contributed by atoms with Crippen LogP contribution in [0.1, 0.15) is 0 Å². The average molecular weight is 439 g/mol. The standard InChI is InChI=1S/C27H20ClN2P/c28-27-20-26(24-18-10-11-19-25(24)29-27)30-31(21-12-4-1-5-13-21,22-14-6-2-7-15-22)23-16-8-3-9-17-23/h1-20H. The molecule has 31 heavy (non-hydrogen) atoms. The molecular formula is C27H20ClN2P. The van der Waals surface area contributed by atoms with E-state index < -0.39 is 7.05 Å². The first-order valence-corrected chi connectivity index (χ1v) is 12.2. The number of pyridine rings is 1. The van der Waals surface area contributed by atoms with E-state index >= 15 is 0 Å². The summed E-state index contributed by atoms with van der Waals surface area (Å²) in [6, 6.07) is 41.7. The minimum Gasteiger partial charge on any atom is -0.253 e. The molecule has 5 rings (SSSR count). The van der Waals surface area contributed by atoms with Crippen molar-refractivity contribution in [2.75, 3.05) is 0 Å². The van der Waals surface area contributed by atoms with Crippen LogP contribution >= 0.6 is 18.7 Å². The van der Waals surface area contributed by atoms with Gasteiger partial charge in [0.1, 0.15) is 5.15 Å². The molecule has 0 bridgehead atoms. The highest BCUT2D eigenvalue weighted by Crippen LogP contribution is 2.50. The Bertz CT molecular complexity index is 1280. The van der Waals surface area contributed by atoms with Crippen molar-refractivity contribution in [1.82, 2.24) is 4.98 Å². The lowest BCUT2D eigenvalue weighted by atomic mass is 10.2. The zero-order chi connectivity index (χ0) is 21.1. The van der Waals surface area contributed by atoms with Crippen LogP contribution in [0.3, 0.4) is 0 Å². The van der Waals surface area contributed by atoms with E-state index in [0.29, 0.717) is 5.15 Å². The fourth-order valence-corrected chi connectivity index (χ4v) is 7.66. The number of halogens is 1. The van der Waals surface area contributed by atoms with Gasteiger partial charge < -0.3 is 0 Å². The van der Waals surface area contributed by atoms with Gasteiger partial charge in [-0.2, -0.15) is 0 Å². The van der Waals surface area contributed by atoms with Gasteiger partial charge in [0.15, 0.2) is 0 Å². The lowest BCUT2D eigenvalue weighted by molar-refractivity contribution is 1.40. The highest BCUT2D eigenvalue weighted by Gasteiger charge is 2.27. The molecule has 0 aliphatic heterocycles. The number of hydrogen-bond acceptors (Lipinski definition) is 2. The van der Waals surface area contributed by atoms with Crippen molar-refractivity contribution in [3.8, 4) is 0 Å². The molecule has 0 amide bonds. The molecule has 0 fully saturated rings. The van der Waals surface area contributed by atoms with E-state index in [1.807, 2.05) is 42.5 Å². The van der Waals surface area contributed by atoms with E-state index in [1.54, 1.807) is 0 Å². The van der Waals surface area contributed by atoms with Crippen LogP contribution in [0.15, 0.2) is 126 Å². The molecule has 1 aromatic heterocycles. The van der Waals surface area contributed by atoms with Crippen molar-refractivity contribution in [2.45, 2.75) is 0 Å². The number of rotatable bonds is 4. The SMILES string of the molecule is Clc1cc(N=P(c2ccccc2)(c2ccccc2)c2ccccc2)c2ccccc2n1. The number of aromatic nitrogens is 1. The number of benzene rings is 4. The fraction of sp³-hybridized carbons (Fsp3) is 0. The Balaban J connectivity index is 1.97. The van der Waals surface area contributed by atoms with Crippen molar-refractivity contribution < 1.29 is 0 Å². The summed E-state index contributed by atoms with van der Waals surface area (Å²) in [6.45, 7) is 0. The normalized spacial score (nSPS) is 11.4. The van der Waals surface area contributed by atoms with Gasteiger partial charge in [-0.05, 0) is 6.07 Å². The first kappa shape index (κ1) is 19.8. The van der Waals surface area contributed by atoms with E-state index in [1.165, 1.54) is 15.9 Å². The minimum atomic E-state index is -2.36. The van der Waals surface area contributed by atoms with Gasteiger partial charge >= 0.3 is 0 Å². The largest absolute Gasteiger partial charge is 0.253 e. The first-order valence-electron chi connectivity index (χ1n) is 10.1. The third kappa shape index (κ3) is 3.70. The maximum absolute atomic E-state index is 6.43. The molecule has 5 aromatic rings. The molecule has 0 unspecified atom stereocenters. The lowest BCUT2D eigenvalue weighted by Gasteiger charge is -2.27. The van der Waals surface area contributed by atoms with Crippen LogP contribution in [-0.4, -0.2) is 4.98 Å². The summed E-state index contributed by atoms with van der Waals surface area (Å²) in [5.41, 5.74) is 1.71. The Hall–Kier alpha value is -3.19. The Morgan fingerprint density at radius 3 is 1.55 bits per heavy atom. The first-order chi connectivity index (χ1) is 15.3. The Labute approximate surface area is 187 Å². The third-order valence-corrected chi connectivity index (χ3v) is 9.16. The van der Waals surface area contributed by atoms with Gasteiger partial charge in [0.05, 0.1) is 18.3 Å². The summed E-state index contributed by atoms with van der Waals surface area (Å²) < 4.78 is 5.58. The van der Waals surface area contributed by atoms with E-state index in [9.17, 15) is 0 Å². The van der Waals surface area contributed by atoms with Gasteiger partial charge in [-0.3, -0.25) is 4.74 Å². The van der Waals surface area contributed by atoms with Crippen LogP contribution in [0.4, 0.5) is 5.69 Å². The molecule has 0 saturated heterocycles. The fourth-order valence-electron chi connectivity index (χ4n) is 3.92. The summed E-state index contributed by atoms with van der Waals surface area (Å²) in [5.74, 6) is 0. The molecular weight excluding hydrogens is 419 g/mol. The summed E-state index contributed by atoms with van der Waals surface area (Å²) in [6.07, 6.45) is 0. The molecule has 0 spiro atoms. The maximum Gasteiger partial charge on any atom is 0.131 e. The van der Waals surface area contributed by atoms with Crippen LogP contribution in [0.2, 0.25) is 5.15 Å². The van der Waals surface area contributed by atoms with Crippen LogP contribution in [0.25, 0.3) is 10.9 Å². The Kier molecular flexibility index (Phi) is 5.42. The molecule has 4 aromatic carbocycles. The molecule has 4 heteroatoms. The highest BCUT2D eigenvalue weighted by atomic mass is 35.5. The topological polar surface area (TPSA) is 25.2 Å². The van der Waals surface area contributed by atoms with Crippen molar-refractivity contribution in [1.29, 1.82) is 0 Å². The summed E-state index contributed by atoms with van der Waals surface area (Å²) >= 11 is 6.43. The van der Waals surface area contributed by atoms with Gasteiger partial charge in [0, 0.05) is 27.4 Å². The van der Waals surface area contributed by atoms with E-state index in [-0.39, 0.29) is 0 Å². The van der Waals surface area contributed by atoms with Crippen LogP contribution in [-0.2, 0) is 0 Å². The third-order valence-electron chi connectivity index (χ3n) is 5.31. The summed E-state index contributed by atoms with van der Waals surface area (Å²) in [7, 11) is -2.36. The minimum absolute atomic E-state index is 0.449. The van der Waals surface area contributed by atoms with E-state index in [2.05, 4.69) is 83.8 Å². The predicted molar refractivity (Wildman–Crippen MR) is 134 cm³/mol. The summed E-state index contributed by atoms with van der Waals surface area (Å²) in [5, 5.41) is 5.04. The zero-order valence-electron chi connectivity index (χ0n) is 16.8. The number of fused-ring (bicyclic) bond motifs is 1. The molecule has 150 valence electrons. The Morgan fingerprint density at radius 1 is 0.581 bits per heavy atom. The highest BCUT2D eigenvalue weighted by molar-refractivity contribution is 7.87. The second kappa shape index (κ2) is 8.51. The Morgan fingerprint density at radius 2 is 1.03 bits per heavy atom. The predicted octanol–water partition coefficient (Wildman–Crippen LogP) is 6.70. The van der Waals surface area contributed by atoms with Gasteiger partial charge in [-0.25, -0.2) is 4.98 Å². The number of hydrogen-bond donors (Lipinski definition) is 0. The van der Waals surface area contributed by atoms with Gasteiger partial charge in [-0.1, -0.05) is 121 Å². The van der Waals surface area contributed by atoms with Crippen molar-refractivity contribution in [2.24, 2.45) is 4.74 Å². The van der Waals surface area contributed by atoms with Crippen LogP contribution < -0.4 is 15.9 Å². The van der Waals surface area contributed by atoms with Crippen molar-refractivity contribution >= 4 is 51.2 Å². The van der Waals surface area contributed by atoms with Gasteiger partial charge in [0.2, 0.25) is 0 Å². The molecule has 0 saturated carbocycles. The zero-order valence-corrected chi connectivity index (χ0v) is 18.4. The van der Waals surface area contributed by atoms with Crippen molar-refractivity contribution in [3.05, 3.63) is 126 Å². The molecule has 0 atom stereocenters. The van der Waals surface area contributed by atoms with E-state index in [0.717, 1.165) is 16.6 Å². The van der Waals surface area contributed by atoms with Crippen LogP contribution in [0, 0.1) is 0 Å². The second-order valence-electron chi connectivity index (χ2n) is 7.22. The molecule has 0 aliphatic carbocycles. The molecule has 0 N–H and O–H groups in total. The second-order valence-corrected chi connectivity index (χ2v) is 10.6.